The van der Waals surface area contributed by atoms with E-state index in [1.165, 1.54) is 18.7 Å². The van der Waals surface area contributed by atoms with Crippen LogP contribution in [0, 0.1) is 13.8 Å². The molecule has 3 rings (SSSR count). The molecule has 1 unspecified atom stereocenters. The van der Waals surface area contributed by atoms with Crippen molar-refractivity contribution in [3.05, 3.63) is 59.2 Å². The van der Waals surface area contributed by atoms with Crippen LogP contribution in [0.4, 0.5) is 5.69 Å². The lowest BCUT2D eigenvalue weighted by Crippen LogP contribution is -2.15. The maximum atomic E-state index is 12.8. The second-order valence-corrected chi connectivity index (χ2v) is 7.85. The van der Waals surface area contributed by atoms with Crippen LogP contribution in [0.3, 0.4) is 0 Å². The molecule has 0 saturated heterocycles. The van der Waals surface area contributed by atoms with E-state index < -0.39 is 0 Å². The number of thioether (sulfide) groups is 1. The monoisotopic (exact) mass is 395 g/mol. The highest BCUT2D eigenvalue weighted by Crippen LogP contribution is 2.27. The van der Waals surface area contributed by atoms with Gasteiger partial charge in [0.25, 0.3) is 0 Å². The third-order valence-corrected chi connectivity index (χ3v) is 5.20. The van der Waals surface area contributed by atoms with E-state index in [1.54, 1.807) is 28.9 Å². The first-order chi connectivity index (χ1) is 13.3. The number of anilines is 1. The van der Waals surface area contributed by atoms with E-state index in [2.05, 4.69) is 26.9 Å². The van der Waals surface area contributed by atoms with Crippen LogP contribution in [-0.2, 0) is 4.79 Å². The van der Waals surface area contributed by atoms with Crippen molar-refractivity contribution in [3.8, 4) is 5.69 Å². The Morgan fingerprint density at radius 1 is 1.11 bits per heavy atom. The zero-order chi connectivity index (χ0) is 20.3. The maximum Gasteiger partial charge on any atom is 0.221 e. The Morgan fingerprint density at radius 2 is 1.82 bits per heavy atom. The molecule has 1 heterocycles. The highest BCUT2D eigenvalue weighted by molar-refractivity contribution is 8.00. The molecule has 7 nitrogen and oxygen atoms in total. The van der Waals surface area contributed by atoms with Gasteiger partial charge in [0.15, 0.2) is 5.78 Å². The number of hydrogen-bond acceptors (Lipinski definition) is 6. The minimum Gasteiger partial charge on any atom is -0.326 e. The number of nitrogens with one attached hydrogen (secondary N) is 1. The largest absolute Gasteiger partial charge is 0.326 e. The number of hydrogen-bond donors (Lipinski definition) is 1. The predicted molar refractivity (Wildman–Crippen MR) is 109 cm³/mol. The number of tetrazole rings is 1. The summed E-state index contributed by atoms with van der Waals surface area (Å²) in [5.74, 6) is -0.184. The summed E-state index contributed by atoms with van der Waals surface area (Å²) in [7, 11) is 0. The molecular formula is C20H21N5O2S. The lowest BCUT2D eigenvalue weighted by Gasteiger charge is -2.12. The average molecular weight is 395 g/mol. The first kappa shape index (κ1) is 19.8. The molecule has 1 amide bonds. The first-order valence-corrected chi connectivity index (χ1v) is 9.67. The second kappa shape index (κ2) is 8.35. The minimum atomic E-state index is -0.373. The Balaban J connectivity index is 1.76. The van der Waals surface area contributed by atoms with Crippen molar-refractivity contribution in [2.45, 2.75) is 38.1 Å². The van der Waals surface area contributed by atoms with Crippen LogP contribution in [0.15, 0.2) is 47.6 Å². The number of amides is 1. The zero-order valence-corrected chi connectivity index (χ0v) is 16.9. The Hall–Kier alpha value is -3.00. The van der Waals surface area contributed by atoms with Gasteiger partial charge in [-0.3, -0.25) is 9.59 Å². The quantitative estimate of drug-likeness (QED) is 0.507. The Kier molecular flexibility index (Phi) is 5.89. The summed E-state index contributed by atoms with van der Waals surface area (Å²) < 4.78 is 1.66. The van der Waals surface area contributed by atoms with Crippen LogP contribution in [0.2, 0.25) is 0 Å². The van der Waals surface area contributed by atoms with Gasteiger partial charge in [-0.15, -0.1) is 5.10 Å². The molecule has 28 heavy (non-hydrogen) atoms. The fourth-order valence-electron chi connectivity index (χ4n) is 2.81. The van der Waals surface area contributed by atoms with Crippen LogP contribution < -0.4 is 5.32 Å². The van der Waals surface area contributed by atoms with Gasteiger partial charge in [-0.25, -0.2) is 0 Å². The maximum absolute atomic E-state index is 12.8. The number of nitrogens with zero attached hydrogens (tertiary/aromatic N) is 4. The molecule has 0 aliphatic heterocycles. The van der Waals surface area contributed by atoms with Gasteiger partial charge in [0, 0.05) is 18.2 Å². The summed E-state index contributed by atoms with van der Waals surface area (Å²) in [5.41, 5.74) is 4.33. The molecule has 0 saturated carbocycles. The van der Waals surface area contributed by atoms with E-state index in [1.807, 2.05) is 32.9 Å². The summed E-state index contributed by atoms with van der Waals surface area (Å²) >= 11 is 1.31. The van der Waals surface area contributed by atoms with Crippen molar-refractivity contribution in [3.63, 3.8) is 0 Å². The fourth-order valence-corrected chi connectivity index (χ4v) is 3.69. The number of ketones is 1. The van der Waals surface area contributed by atoms with Gasteiger partial charge >= 0.3 is 0 Å². The standard InChI is InChI=1S/C20H21N5O2S/c1-12-5-10-18(13(2)11-12)25-20(22-23-24-25)28-14(3)19(27)16-6-8-17(9-7-16)21-15(4)26/h5-11,14H,1-4H3,(H,21,26). The summed E-state index contributed by atoms with van der Waals surface area (Å²) in [5, 5.41) is 14.8. The van der Waals surface area contributed by atoms with Crippen molar-refractivity contribution >= 4 is 29.1 Å². The third kappa shape index (κ3) is 4.45. The van der Waals surface area contributed by atoms with E-state index in [-0.39, 0.29) is 16.9 Å². The molecule has 1 aromatic heterocycles. The SMILES string of the molecule is CC(=O)Nc1ccc(C(=O)C(C)Sc2nnnn2-c2ccc(C)cc2C)cc1. The topological polar surface area (TPSA) is 89.8 Å². The molecule has 0 spiro atoms. The van der Waals surface area contributed by atoms with Crippen LogP contribution >= 0.6 is 11.8 Å². The molecule has 8 heteroatoms. The van der Waals surface area contributed by atoms with Gasteiger partial charge in [0.05, 0.1) is 10.9 Å². The number of rotatable bonds is 6. The molecular weight excluding hydrogens is 374 g/mol. The van der Waals surface area contributed by atoms with Gasteiger partial charge in [0.1, 0.15) is 0 Å². The van der Waals surface area contributed by atoms with Crippen LogP contribution in [0.1, 0.15) is 35.3 Å². The molecule has 0 aliphatic carbocycles. The van der Waals surface area contributed by atoms with Crippen LogP contribution in [0.5, 0.6) is 0 Å². The number of Topliss-reactive ketones (excluding diaryl/α,β-unsaturated/α-hetero) is 1. The van der Waals surface area contributed by atoms with Gasteiger partial charge in [-0.1, -0.05) is 29.5 Å². The molecule has 2 aromatic carbocycles. The summed E-state index contributed by atoms with van der Waals surface area (Å²) in [6.07, 6.45) is 0. The number of carbonyl (C=O) groups is 2. The average Bonchev–Trinajstić information content (AvgIpc) is 3.09. The molecule has 0 radical (unpaired) electrons. The Morgan fingerprint density at radius 3 is 2.46 bits per heavy atom. The normalized spacial score (nSPS) is 11.9. The summed E-state index contributed by atoms with van der Waals surface area (Å²) in [4.78, 5) is 23.9. The van der Waals surface area contributed by atoms with E-state index >= 15 is 0 Å². The molecule has 0 aliphatic rings. The lowest BCUT2D eigenvalue weighted by molar-refractivity contribution is -0.114. The van der Waals surface area contributed by atoms with Crippen molar-refractivity contribution < 1.29 is 9.59 Å². The van der Waals surface area contributed by atoms with Crippen LogP contribution in [0.25, 0.3) is 5.69 Å². The van der Waals surface area contributed by atoms with Gasteiger partial charge < -0.3 is 5.32 Å². The number of aryl methyl sites for hydroxylation is 2. The fraction of sp³-hybridized carbons (Fsp3) is 0.250. The van der Waals surface area contributed by atoms with Gasteiger partial charge in [-0.05, 0) is 67.1 Å². The summed E-state index contributed by atoms with van der Waals surface area (Å²) in [6, 6.07) is 12.9. The first-order valence-electron chi connectivity index (χ1n) is 8.79. The van der Waals surface area contributed by atoms with Crippen LogP contribution in [-0.4, -0.2) is 37.1 Å². The number of benzene rings is 2. The Bertz CT molecular complexity index is 1010. The molecule has 144 valence electrons. The van der Waals surface area contributed by atoms with Gasteiger partial charge in [-0.2, -0.15) is 4.68 Å². The smallest absolute Gasteiger partial charge is 0.221 e. The second-order valence-electron chi connectivity index (χ2n) is 6.55. The minimum absolute atomic E-state index is 0.0328. The highest BCUT2D eigenvalue weighted by atomic mass is 32.2. The molecule has 3 aromatic rings. The van der Waals surface area contributed by atoms with Crippen molar-refractivity contribution in [2.24, 2.45) is 0 Å². The van der Waals surface area contributed by atoms with Crippen molar-refractivity contribution in [1.29, 1.82) is 0 Å². The van der Waals surface area contributed by atoms with Gasteiger partial charge in [0.2, 0.25) is 11.1 Å². The molecule has 0 fully saturated rings. The highest BCUT2D eigenvalue weighted by Gasteiger charge is 2.21. The molecule has 1 atom stereocenters. The van der Waals surface area contributed by atoms with Crippen molar-refractivity contribution in [2.75, 3.05) is 5.32 Å². The predicted octanol–water partition coefficient (Wildman–Crippen LogP) is 3.60. The van der Waals surface area contributed by atoms with E-state index in [0.29, 0.717) is 16.4 Å². The number of carbonyl (C=O) groups excluding carboxylic acids is 2. The summed E-state index contributed by atoms with van der Waals surface area (Å²) in [6.45, 7) is 7.31. The zero-order valence-electron chi connectivity index (χ0n) is 16.1. The van der Waals surface area contributed by atoms with E-state index in [4.69, 9.17) is 0 Å². The van der Waals surface area contributed by atoms with E-state index in [0.717, 1.165) is 16.8 Å². The molecule has 0 bridgehead atoms. The molecule has 1 N–H and O–H groups in total. The third-order valence-electron chi connectivity index (χ3n) is 4.16. The lowest BCUT2D eigenvalue weighted by atomic mass is 10.1. The number of aromatic nitrogens is 4. The van der Waals surface area contributed by atoms with E-state index in [9.17, 15) is 9.59 Å². The Labute approximate surface area is 167 Å². The van der Waals surface area contributed by atoms with Crippen molar-refractivity contribution in [1.82, 2.24) is 20.2 Å².